The molecular formula is C22H29N5O2S. The molecule has 2 aromatic rings. The number of hydrogen-bond acceptors (Lipinski definition) is 5. The van der Waals surface area contributed by atoms with Crippen LogP contribution in [-0.2, 0) is 9.59 Å². The Morgan fingerprint density at radius 3 is 2.67 bits per heavy atom. The first-order valence-electron chi connectivity index (χ1n) is 10.9. The van der Waals surface area contributed by atoms with Crippen LogP contribution in [0.4, 0.5) is 5.69 Å². The number of nitrogens with zero attached hydrogens (tertiary/aromatic N) is 3. The lowest BCUT2D eigenvalue weighted by molar-refractivity contribution is -0.121. The third-order valence-corrected chi connectivity index (χ3v) is 6.49. The van der Waals surface area contributed by atoms with Crippen LogP contribution in [0.2, 0.25) is 0 Å². The lowest BCUT2D eigenvalue weighted by atomic mass is 9.95. The number of amides is 2. The monoisotopic (exact) mass is 427 g/mol. The predicted molar refractivity (Wildman–Crippen MR) is 118 cm³/mol. The molecule has 0 atom stereocenters. The second-order valence-electron chi connectivity index (χ2n) is 8.18. The molecule has 8 heteroatoms. The number of carbonyl (C=O) groups excluding carboxylic acids is 2. The van der Waals surface area contributed by atoms with E-state index < -0.39 is 0 Å². The van der Waals surface area contributed by atoms with Crippen molar-refractivity contribution in [2.75, 3.05) is 11.1 Å². The summed E-state index contributed by atoms with van der Waals surface area (Å²) in [5.41, 5.74) is 1.68. The fraction of sp³-hybridized carbons (Fsp3) is 0.545. The van der Waals surface area contributed by atoms with Crippen molar-refractivity contribution in [2.24, 2.45) is 0 Å². The summed E-state index contributed by atoms with van der Waals surface area (Å²) in [6.45, 7) is 1.50. The third kappa shape index (κ3) is 5.41. The number of rotatable bonds is 8. The first-order valence-corrected chi connectivity index (χ1v) is 11.8. The summed E-state index contributed by atoms with van der Waals surface area (Å²) in [5.74, 6) is 2.08. The van der Waals surface area contributed by atoms with E-state index in [-0.39, 0.29) is 11.8 Å². The first-order chi connectivity index (χ1) is 14.6. The van der Waals surface area contributed by atoms with Gasteiger partial charge in [0.25, 0.3) is 0 Å². The Morgan fingerprint density at radius 1 is 1.13 bits per heavy atom. The van der Waals surface area contributed by atoms with Crippen LogP contribution in [0, 0.1) is 0 Å². The third-order valence-electron chi connectivity index (χ3n) is 5.56. The summed E-state index contributed by atoms with van der Waals surface area (Å²) in [7, 11) is 0. The van der Waals surface area contributed by atoms with Crippen molar-refractivity contribution in [1.29, 1.82) is 0 Å². The first kappa shape index (κ1) is 20.9. The zero-order chi connectivity index (χ0) is 20.9. The highest BCUT2D eigenvalue weighted by Crippen LogP contribution is 2.41. The van der Waals surface area contributed by atoms with Crippen LogP contribution < -0.4 is 10.6 Å². The lowest BCUT2D eigenvalue weighted by Crippen LogP contribution is -2.36. The molecule has 2 aliphatic carbocycles. The molecule has 160 valence electrons. The highest BCUT2D eigenvalue weighted by atomic mass is 32.2. The molecule has 0 unspecified atom stereocenters. The van der Waals surface area contributed by atoms with E-state index in [1.807, 2.05) is 24.3 Å². The molecule has 2 fully saturated rings. The molecule has 0 bridgehead atoms. The van der Waals surface area contributed by atoms with Crippen LogP contribution in [0.1, 0.15) is 70.0 Å². The molecule has 1 heterocycles. The molecule has 0 spiro atoms. The van der Waals surface area contributed by atoms with Crippen molar-refractivity contribution in [2.45, 2.75) is 75.4 Å². The summed E-state index contributed by atoms with van der Waals surface area (Å²) in [4.78, 5) is 23.7. The Morgan fingerprint density at radius 2 is 1.93 bits per heavy atom. The molecule has 2 amide bonds. The normalized spacial score (nSPS) is 17.0. The summed E-state index contributed by atoms with van der Waals surface area (Å²) in [6.07, 6.45) is 8.62. The topological polar surface area (TPSA) is 88.9 Å². The maximum absolute atomic E-state index is 12.3. The van der Waals surface area contributed by atoms with Crippen LogP contribution >= 0.6 is 11.8 Å². The fourth-order valence-electron chi connectivity index (χ4n) is 3.93. The zero-order valence-corrected chi connectivity index (χ0v) is 18.2. The number of benzene rings is 1. The average molecular weight is 428 g/mol. The molecule has 0 saturated heterocycles. The summed E-state index contributed by atoms with van der Waals surface area (Å²) in [6, 6.07) is 8.08. The average Bonchev–Trinajstić information content (AvgIpc) is 3.48. The molecule has 30 heavy (non-hydrogen) atoms. The number of aromatic nitrogens is 3. The van der Waals surface area contributed by atoms with E-state index in [0.717, 1.165) is 48.0 Å². The maximum atomic E-state index is 12.3. The number of thioether (sulfide) groups is 1. The summed E-state index contributed by atoms with van der Waals surface area (Å²) in [5, 5.41) is 15.7. The van der Waals surface area contributed by atoms with E-state index in [9.17, 15) is 9.59 Å². The summed E-state index contributed by atoms with van der Waals surface area (Å²) < 4.78 is 2.08. The molecule has 7 nitrogen and oxygen atoms in total. The van der Waals surface area contributed by atoms with E-state index >= 15 is 0 Å². The molecule has 0 aliphatic heterocycles. The van der Waals surface area contributed by atoms with Gasteiger partial charge in [-0.15, -0.1) is 10.2 Å². The highest BCUT2D eigenvalue weighted by molar-refractivity contribution is 7.99. The second kappa shape index (κ2) is 9.64. The predicted octanol–water partition coefficient (Wildman–Crippen LogP) is 4.03. The standard InChI is InChI=1S/C22H29N5O2S/c1-15(28)23-18-8-5-9-19(14-18)27-21(16-10-11-16)25-26-22(27)30-13-12-20(29)24-17-6-3-2-4-7-17/h5,8-9,14,16-17H,2-4,6-7,10-13H2,1H3,(H,23,28)(H,24,29). The van der Waals surface area contributed by atoms with Crippen LogP contribution in [0.3, 0.4) is 0 Å². The van der Waals surface area contributed by atoms with Gasteiger partial charge in [0.2, 0.25) is 11.8 Å². The van der Waals surface area contributed by atoms with Gasteiger partial charge >= 0.3 is 0 Å². The van der Waals surface area contributed by atoms with E-state index in [4.69, 9.17) is 0 Å². The van der Waals surface area contributed by atoms with E-state index in [2.05, 4.69) is 25.4 Å². The van der Waals surface area contributed by atoms with Gasteiger partial charge < -0.3 is 10.6 Å². The Kier molecular flexibility index (Phi) is 6.72. The zero-order valence-electron chi connectivity index (χ0n) is 17.4. The van der Waals surface area contributed by atoms with Gasteiger partial charge in [-0.3, -0.25) is 14.2 Å². The van der Waals surface area contributed by atoms with Gasteiger partial charge in [0.05, 0.1) is 5.69 Å². The molecule has 1 aromatic heterocycles. The Hall–Kier alpha value is -2.35. The van der Waals surface area contributed by atoms with Crippen molar-refractivity contribution >= 4 is 29.3 Å². The lowest BCUT2D eigenvalue weighted by Gasteiger charge is -2.22. The molecular weight excluding hydrogens is 398 g/mol. The highest BCUT2D eigenvalue weighted by Gasteiger charge is 2.31. The number of nitrogens with one attached hydrogen (secondary N) is 2. The second-order valence-corrected chi connectivity index (χ2v) is 9.24. The van der Waals surface area contributed by atoms with Gasteiger partial charge in [-0.05, 0) is 43.9 Å². The van der Waals surface area contributed by atoms with Crippen molar-refractivity contribution in [3.05, 3.63) is 30.1 Å². The van der Waals surface area contributed by atoms with Crippen LogP contribution in [0.25, 0.3) is 5.69 Å². The van der Waals surface area contributed by atoms with Gasteiger partial charge in [-0.25, -0.2) is 0 Å². The Balaban J connectivity index is 1.43. The smallest absolute Gasteiger partial charge is 0.221 e. The number of carbonyl (C=O) groups is 2. The Labute approximate surface area is 181 Å². The van der Waals surface area contributed by atoms with Crippen molar-refractivity contribution < 1.29 is 9.59 Å². The number of hydrogen-bond donors (Lipinski definition) is 2. The molecule has 1 aromatic carbocycles. The minimum absolute atomic E-state index is 0.100. The molecule has 2 aliphatic rings. The SMILES string of the molecule is CC(=O)Nc1cccc(-n2c(SCCC(=O)NC3CCCCC3)nnc2C2CC2)c1. The van der Waals surface area contributed by atoms with E-state index in [1.54, 1.807) is 11.8 Å². The maximum Gasteiger partial charge on any atom is 0.221 e. The van der Waals surface area contributed by atoms with Crippen molar-refractivity contribution in [3.8, 4) is 5.69 Å². The molecule has 2 N–H and O–H groups in total. The Bertz CT molecular complexity index is 903. The quantitative estimate of drug-likeness (QED) is 0.621. The van der Waals surface area contributed by atoms with Gasteiger partial charge in [0, 0.05) is 36.7 Å². The molecule has 0 radical (unpaired) electrons. The minimum atomic E-state index is -0.100. The molecule has 2 saturated carbocycles. The number of anilines is 1. The van der Waals surface area contributed by atoms with E-state index in [1.165, 1.54) is 26.2 Å². The van der Waals surface area contributed by atoms with Gasteiger partial charge in [0.1, 0.15) is 5.82 Å². The van der Waals surface area contributed by atoms with Gasteiger partial charge in [0.15, 0.2) is 5.16 Å². The van der Waals surface area contributed by atoms with Crippen LogP contribution in [0.5, 0.6) is 0 Å². The summed E-state index contributed by atoms with van der Waals surface area (Å²) >= 11 is 1.56. The van der Waals surface area contributed by atoms with E-state index in [0.29, 0.717) is 24.1 Å². The fourth-order valence-corrected chi connectivity index (χ4v) is 4.83. The van der Waals surface area contributed by atoms with Crippen molar-refractivity contribution in [3.63, 3.8) is 0 Å². The van der Waals surface area contributed by atoms with Crippen molar-refractivity contribution in [1.82, 2.24) is 20.1 Å². The molecule has 4 rings (SSSR count). The largest absolute Gasteiger partial charge is 0.353 e. The minimum Gasteiger partial charge on any atom is -0.353 e. The van der Waals surface area contributed by atoms with Crippen LogP contribution in [-0.4, -0.2) is 38.4 Å². The van der Waals surface area contributed by atoms with Gasteiger partial charge in [-0.2, -0.15) is 0 Å². The van der Waals surface area contributed by atoms with Crippen LogP contribution in [0.15, 0.2) is 29.4 Å². The van der Waals surface area contributed by atoms with Gasteiger partial charge in [-0.1, -0.05) is 37.1 Å².